The minimum Gasteiger partial charge on any atom is -0.456 e. The second-order valence-electron chi connectivity index (χ2n) is 14.1. The third kappa shape index (κ3) is 5.34. The zero-order chi connectivity index (χ0) is 37.0. The van der Waals surface area contributed by atoms with Gasteiger partial charge in [-0.15, -0.1) is 11.3 Å². The fourth-order valence-electron chi connectivity index (χ4n) is 8.32. The maximum absolute atomic E-state index is 6.22. The minimum atomic E-state index is 0.887. The predicted octanol–water partition coefficient (Wildman–Crippen LogP) is 15.7. The molecule has 0 fully saturated rings. The Labute approximate surface area is 328 Å². The molecular formula is C52H34N2OS. The van der Waals surface area contributed by atoms with Gasteiger partial charge in [0, 0.05) is 59.1 Å². The van der Waals surface area contributed by atoms with Gasteiger partial charge in [0.15, 0.2) is 0 Å². The number of para-hydroxylation sites is 3. The summed E-state index contributed by atoms with van der Waals surface area (Å²) in [5, 5.41) is 7.17. The lowest BCUT2D eigenvalue weighted by atomic mass is 9.96. The van der Waals surface area contributed by atoms with Crippen LogP contribution in [0.15, 0.2) is 211 Å². The quantitative estimate of drug-likeness (QED) is 0.163. The van der Waals surface area contributed by atoms with E-state index in [0.29, 0.717) is 0 Å². The van der Waals surface area contributed by atoms with Gasteiger partial charge in [0.05, 0.1) is 11.4 Å². The molecule has 2 aromatic heterocycles. The number of anilines is 6. The molecule has 9 aromatic carbocycles. The van der Waals surface area contributed by atoms with Crippen LogP contribution < -0.4 is 9.80 Å². The smallest absolute Gasteiger partial charge is 0.135 e. The van der Waals surface area contributed by atoms with Crippen molar-refractivity contribution in [3.63, 3.8) is 0 Å². The van der Waals surface area contributed by atoms with E-state index < -0.39 is 0 Å². The van der Waals surface area contributed by atoms with Crippen LogP contribution in [0.3, 0.4) is 0 Å². The summed E-state index contributed by atoms with van der Waals surface area (Å²) in [6, 6.07) is 73.9. The second-order valence-corrected chi connectivity index (χ2v) is 15.2. The topological polar surface area (TPSA) is 19.6 Å². The highest BCUT2D eigenvalue weighted by molar-refractivity contribution is 7.26. The minimum absolute atomic E-state index is 0.887. The van der Waals surface area contributed by atoms with Gasteiger partial charge >= 0.3 is 0 Å². The molecule has 0 N–H and O–H groups in total. The molecular weight excluding hydrogens is 701 g/mol. The van der Waals surface area contributed by atoms with E-state index in [-0.39, 0.29) is 0 Å². The van der Waals surface area contributed by atoms with Crippen molar-refractivity contribution in [2.75, 3.05) is 9.80 Å². The molecule has 0 spiro atoms. The van der Waals surface area contributed by atoms with Crippen LogP contribution in [0.5, 0.6) is 0 Å². The molecule has 4 heteroatoms. The molecule has 0 saturated carbocycles. The SMILES string of the molecule is c1ccc(N(c2ccc3oc4ccccc4c3c2)c2ccc(-c3ccc(N(c4ccccc4)c4cccc5sc6ccccc6c45)cc3)c3ccccc23)cc1. The van der Waals surface area contributed by atoms with Crippen molar-refractivity contribution in [1.29, 1.82) is 0 Å². The monoisotopic (exact) mass is 734 g/mol. The third-order valence-corrected chi connectivity index (χ3v) is 12.0. The summed E-state index contributed by atoms with van der Waals surface area (Å²) in [6.07, 6.45) is 0. The van der Waals surface area contributed by atoms with Crippen LogP contribution in [0, 0.1) is 0 Å². The molecule has 0 bridgehead atoms. The Morgan fingerprint density at radius 1 is 0.339 bits per heavy atom. The highest BCUT2D eigenvalue weighted by Crippen LogP contribution is 2.46. The lowest BCUT2D eigenvalue weighted by Gasteiger charge is -2.28. The lowest BCUT2D eigenvalue weighted by Crippen LogP contribution is -2.10. The first-order chi connectivity index (χ1) is 27.8. The Balaban J connectivity index is 1.04. The summed E-state index contributed by atoms with van der Waals surface area (Å²) < 4.78 is 8.81. The number of thiophene rings is 1. The maximum atomic E-state index is 6.22. The summed E-state index contributed by atoms with van der Waals surface area (Å²) >= 11 is 1.85. The number of benzene rings is 9. The van der Waals surface area contributed by atoms with E-state index in [1.54, 1.807) is 0 Å². The summed E-state index contributed by atoms with van der Waals surface area (Å²) in [5.41, 5.74) is 10.8. The molecule has 56 heavy (non-hydrogen) atoms. The van der Waals surface area contributed by atoms with E-state index in [1.165, 1.54) is 47.8 Å². The standard InChI is InChI=1S/C52H34N2OS/c1-3-14-36(15-4-1)53(47-22-13-25-51-52(47)44-21-10-12-24-50(44)56-51)38-28-26-35(27-29-38)40-31-32-46(42-19-8-7-18-41(40)42)54(37-16-5-2-6-17-37)39-30-33-49-45(34-39)43-20-9-11-23-48(43)55-49/h1-34H. The fraction of sp³-hybridized carbons (Fsp3) is 0. The number of rotatable bonds is 7. The Bertz CT molecular complexity index is 3200. The fourth-order valence-corrected chi connectivity index (χ4v) is 9.45. The highest BCUT2D eigenvalue weighted by atomic mass is 32.1. The van der Waals surface area contributed by atoms with Gasteiger partial charge in [-0.05, 0) is 101 Å². The van der Waals surface area contributed by atoms with Crippen molar-refractivity contribution in [1.82, 2.24) is 0 Å². The average Bonchev–Trinajstić information content (AvgIpc) is 3.84. The van der Waals surface area contributed by atoms with Gasteiger partial charge in [-0.25, -0.2) is 0 Å². The Hall–Kier alpha value is -7.14. The van der Waals surface area contributed by atoms with Gasteiger partial charge in [0.1, 0.15) is 11.2 Å². The summed E-state index contributed by atoms with van der Waals surface area (Å²) in [6.45, 7) is 0. The first-order valence-electron chi connectivity index (χ1n) is 18.9. The molecule has 11 rings (SSSR count). The molecule has 0 unspecified atom stereocenters. The molecule has 0 radical (unpaired) electrons. The van der Waals surface area contributed by atoms with Crippen molar-refractivity contribution in [3.05, 3.63) is 206 Å². The molecule has 11 aromatic rings. The molecule has 0 aliphatic heterocycles. The van der Waals surface area contributed by atoms with Gasteiger partial charge in [0.25, 0.3) is 0 Å². The van der Waals surface area contributed by atoms with Crippen LogP contribution in [0.4, 0.5) is 34.1 Å². The first-order valence-corrected chi connectivity index (χ1v) is 19.7. The Morgan fingerprint density at radius 3 is 1.68 bits per heavy atom. The number of hydrogen-bond donors (Lipinski definition) is 0. The number of hydrogen-bond acceptors (Lipinski definition) is 4. The van der Waals surface area contributed by atoms with Crippen LogP contribution in [0.1, 0.15) is 0 Å². The predicted molar refractivity (Wildman–Crippen MR) is 239 cm³/mol. The lowest BCUT2D eigenvalue weighted by molar-refractivity contribution is 0.669. The van der Waals surface area contributed by atoms with Crippen molar-refractivity contribution in [2.24, 2.45) is 0 Å². The highest BCUT2D eigenvalue weighted by Gasteiger charge is 2.21. The van der Waals surface area contributed by atoms with Crippen LogP contribution in [0.25, 0.3) is 64.0 Å². The molecule has 0 aliphatic carbocycles. The van der Waals surface area contributed by atoms with Gasteiger partial charge in [-0.3, -0.25) is 0 Å². The molecule has 0 aliphatic rings. The van der Waals surface area contributed by atoms with Crippen molar-refractivity contribution in [2.45, 2.75) is 0 Å². The van der Waals surface area contributed by atoms with Gasteiger partial charge in [-0.1, -0.05) is 121 Å². The number of fused-ring (bicyclic) bond motifs is 7. The van der Waals surface area contributed by atoms with E-state index in [9.17, 15) is 0 Å². The average molecular weight is 735 g/mol. The molecule has 3 nitrogen and oxygen atoms in total. The molecule has 0 atom stereocenters. The normalized spacial score (nSPS) is 11.6. The van der Waals surface area contributed by atoms with Gasteiger partial charge < -0.3 is 14.2 Å². The van der Waals surface area contributed by atoms with E-state index in [2.05, 4.69) is 204 Å². The molecule has 0 saturated heterocycles. The van der Waals surface area contributed by atoms with Crippen molar-refractivity contribution >= 4 is 98.3 Å². The molecule has 264 valence electrons. The van der Waals surface area contributed by atoms with E-state index in [4.69, 9.17) is 4.42 Å². The van der Waals surface area contributed by atoms with Crippen molar-refractivity contribution in [3.8, 4) is 11.1 Å². The van der Waals surface area contributed by atoms with E-state index >= 15 is 0 Å². The number of furan rings is 1. The zero-order valence-electron chi connectivity index (χ0n) is 30.3. The summed E-state index contributed by atoms with van der Waals surface area (Å²) in [5.74, 6) is 0. The zero-order valence-corrected chi connectivity index (χ0v) is 31.2. The van der Waals surface area contributed by atoms with Crippen molar-refractivity contribution < 1.29 is 4.42 Å². The second kappa shape index (κ2) is 13.3. The largest absolute Gasteiger partial charge is 0.456 e. The van der Waals surface area contributed by atoms with E-state index in [0.717, 1.165) is 50.4 Å². The van der Waals surface area contributed by atoms with Crippen LogP contribution in [0.2, 0.25) is 0 Å². The maximum Gasteiger partial charge on any atom is 0.135 e. The van der Waals surface area contributed by atoms with Gasteiger partial charge in [-0.2, -0.15) is 0 Å². The summed E-state index contributed by atoms with van der Waals surface area (Å²) in [7, 11) is 0. The third-order valence-electron chi connectivity index (χ3n) is 10.8. The van der Waals surface area contributed by atoms with E-state index in [1.807, 2.05) is 23.5 Å². The van der Waals surface area contributed by atoms with Gasteiger partial charge in [0.2, 0.25) is 0 Å². The number of nitrogens with zero attached hydrogens (tertiary/aromatic N) is 2. The van der Waals surface area contributed by atoms with Crippen LogP contribution in [-0.4, -0.2) is 0 Å². The molecule has 2 heterocycles. The molecule has 0 amide bonds. The Morgan fingerprint density at radius 2 is 0.911 bits per heavy atom. The summed E-state index contributed by atoms with van der Waals surface area (Å²) in [4.78, 5) is 4.76. The first kappa shape index (κ1) is 32.3. The Kier molecular flexibility index (Phi) is 7.68. The van der Waals surface area contributed by atoms with Crippen LogP contribution in [-0.2, 0) is 0 Å². The van der Waals surface area contributed by atoms with Crippen LogP contribution >= 0.6 is 11.3 Å².